The van der Waals surface area contributed by atoms with Crippen molar-refractivity contribution >= 4 is 5.69 Å². The Bertz CT molecular complexity index is 394. The number of benzene rings is 1. The van der Waals surface area contributed by atoms with Gasteiger partial charge < -0.3 is 10.2 Å². The quantitative estimate of drug-likeness (QED) is 0.816. The molecule has 0 amide bonds. The van der Waals surface area contributed by atoms with Crippen molar-refractivity contribution < 1.29 is 0 Å². The summed E-state index contributed by atoms with van der Waals surface area (Å²) in [6, 6.07) is 11.1. The molecular formula is C13H17N3. The van der Waals surface area contributed by atoms with E-state index < -0.39 is 0 Å². The zero-order valence-corrected chi connectivity index (χ0v) is 9.61. The lowest BCUT2D eigenvalue weighted by atomic mass is 10.1. The van der Waals surface area contributed by atoms with Gasteiger partial charge in [0.25, 0.3) is 0 Å². The lowest BCUT2D eigenvalue weighted by molar-refractivity contribution is 0.481. The van der Waals surface area contributed by atoms with Gasteiger partial charge in [-0.2, -0.15) is 5.26 Å². The van der Waals surface area contributed by atoms with Crippen LogP contribution in [-0.4, -0.2) is 25.7 Å². The first-order valence-corrected chi connectivity index (χ1v) is 5.72. The number of piperazine rings is 1. The molecule has 0 aromatic heterocycles. The van der Waals surface area contributed by atoms with Crippen LogP contribution in [0.2, 0.25) is 0 Å². The Morgan fingerprint density at radius 3 is 3.19 bits per heavy atom. The van der Waals surface area contributed by atoms with E-state index >= 15 is 0 Å². The molecule has 0 saturated carbocycles. The van der Waals surface area contributed by atoms with Gasteiger partial charge in [-0.3, -0.25) is 0 Å². The highest BCUT2D eigenvalue weighted by atomic mass is 15.2. The molecule has 1 aromatic rings. The summed E-state index contributed by atoms with van der Waals surface area (Å²) in [4.78, 5) is 2.34. The molecule has 1 heterocycles. The molecule has 1 aliphatic rings. The topological polar surface area (TPSA) is 39.1 Å². The first-order chi connectivity index (χ1) is 7.81. The lowest BCUT2D eigenvalue weighted by Crippen LogP contribution is -2.51. The number of nitriles is 1. The van der Waals surface area contributed by atoms with Gasteiger partial charge in [0.05, 0.1) is 18.5 Å². The van der Waals surface area contributed by atoms with Crippen LogP contribution in [0.1, 0.15) is 12.0 Å². The second kappa shape index (κ2) is 5.00. The monoisotopic (exact) mass is 215 g/mol. The molecule has 1 aliphatic heterocycles. The van der Waals surface area contributed by atoms with Gasteiger partial charge in [-0.05, 0) is 24.6 Å². The van der Waals surface area contributed by atoms with Crippen LogP contribution in [0.4, 0.5) is 5.69 Å². The van der Waals surface area contributed by atoms with E-state index in [4.69, 9.17) is 5.26 Å². The Kier molecular flexibility index (Phi) is 3.43. The van der Waals surface area contributed by atoms with Gasteiger partial charge in [0.2, 0.25) is 0 Å². The standard InChI is InChI=1S/C13H17N3/c1-11-3-2-4-12(9-11)16-8-7-15-10-13(16)5-6-14/h2-4,9,13,15H,5,7-8,10H2,1H3. The number of nitrogens with zero attached hydrogens (tertiary/aromatic N) is 2. The number of anilines is 1. The fourth-order valence-corrected chi connectivity index (χ4v) is 2.20. The fourth-order valence-electron chi connectivity index (χ4n) is 2.20. The molecule has 0 radical (unpaired) electrons. The van der Waals surface area contributed by atoms with Crippen LogP contribution < -0.4 is 10.2 Å². The molecule has 1 N–H and O–H groups in total. The molecule has 2 rings (SSSR count). The van der Waals surface area contributed by atoms with Crippen molar-refractivity contribution in [1.82, 2.24) is 5.32 Å². The average molecular weight is 215 g/mol. The van der Waals surface area contributed by atoms with Crippen molar-refractivity contribution in [2.24, 2.45) is 0 Å². The van der Waals surface area contributed by atoms with Gasteiger partial charge in [-0.25, -0.2) is 0 Å². The van der Waals surface area contributed by atoms with E-state index in [1.807, 2.05) is 0 Å². The van der Waals surface area contributed by atoms with E-state index in [0.717, 1.165) is 19.6 Å². The Labute approximate surface area is 96.7 Å². The zero-order chi connectivity index (χ0) is 11.4. The van der Waals surface area contributed by atoms with Crippen molar-refractivity contribution in [1.29, 1.82) is 5.26 Å². The van der Waals surface area contributed by atoms with Crippen molar-refractivity contribution in [3.8, 4) is 6.07 Å². The van der Waals surface area contributed by atoms with Gasteiger partial charge >= 0.3 is 0 Å². The van der Waals surface area contributed by atoms with Crippen molar-refractivity contribution in [3.63, 3.8) is 0 Å². The maximum atomic E-state index is 8.83. The van der Waals surface area contributed by atoms with E-state index in [-0.39, 0.29) is 0 Å². The van der Waals surface area contributed by atoms with Crippen LogP contribution in [0.3, 0.4) is 0 Å². The van der Waals surface area contributed by atoms with Crippen LogP contribution in [0.5, 0.6) is 0 Å². The van der Waals surface area contributed by atoms with Crippen molar-refractivity contribution in [2.75, 3.05) is 24.5 Å². The summed E-state index contributed by atoms with van der Waals surface area (Å²) < 4.78 is 0. The number of rotatable bonds is 2. The minimum absolute atomic E-state index is 0.306. The van der Waals surface area contributed by atoms with Crippen LogP contribution >= 0.6 is 0 Å². The molecule has 84 valence electrons. The molecule has 3 nitrogen and oxygen atoms in total. The maximum Gasteiger partial charge on any atom is 0.0643 e. The molecule has 0 bridgehead atoms. The highest BCUT2D eigenvalue weighted by Crippen LogP contribution is 2.20. The Morgan fingerprint density at radius 2 is 2.44 bits per heavy atom. The zero-order valence-electron chi connectivity index (χ0n) is 9.61. The maximum absolute atomic E-state index is 8.83. The van der Waals surface area contributed by atoms with Gasteiger partial charge in [0, 0.05) is 25.3 Å². The van der Waals surface area contributed by atoms with Crippen LogP contribution in [0, 0.1) is 18.3 Å². The SMILES string of the molecule is Cc1cccc(N2CCNCC2CC#N)c1. The normalized spacial score (nSPS) is 20.5. The Hall–Kier alpha value is -1.53. The summed E-state index contributed by atoms with van der Waals surface area (Å²) in [5.41, 5.74) is 2.51. The summed E-state index contributed by atoms with van der Waals surface area (Å²) in [6.45, 7) is 4.98. The first-order valence-electron chi connectivity index (χ1n) is 5.72. The predicted octanol–water partition coefficient (Wildman–Crippen LogP) is 1.69. The average Bonchev–Trinajstić information content (AvgIpc) is 2.30. The van der Waals surface area contributed by atoms with E-state index in [1.54, 1.807) is 0 Å². The van der Waals surface area contributed by atoms with Crippen LogP contribution in [-0.2, 0) is 0 Å². The van der Waals surface area contributed by atoms with Crippen LogP contribution in [0.15, 0.2) is 24.3 Å². The largest absolute Gasteiger partial charge is 0.365 e. The van der Waals surface area contributed by atoms with Crippen molar-refractivity contribution in [2.45, 2.75) is 19.4 Å². The first kappa shape index (κ1) is 11.0. The molecule has 1 unspecified atom stereocenters. The summed E-state index contributed by atoms with van der Waals surface area (Å²) >= 11 is 0. The second-order valence-electron chi connectivity index (χ2n) is 4.25. The molecular weight excluding hydrogens is 198 g/mol. The molecule has 3 heteroatoms. The third kappa shape index (κ3) is 2.34. The predicted molar refractivity (Wildman–Crippen MR) is 65.4 cm³/mol. The molecule has 0 aliphatic carbocycles. The third-order valence-corrected chi connectivity index (χ3v) is 3.01. The molecule has 1 aromatic carbocycles. The van der Waals surface area contributed by atoms with Gasteiger partial charge in [0.1, 0.15) is 0 Å². The summed E-state index contributed by atoms with van der Waals surface area (Å²) in [5.74, 6) is 0. The van der Waals surface area contributed by atoms with E-state index in [1.165, 1.54) is 11.3 Å². The second-order valence-corrected chi connectivity index (χ2v) is 4.25. The lowest BCUT2D eigenvalue weighted by Gasteiger charge is -2.37. The van der Waals surface area contributed by atoms with Gasteiger partial charge in [-0.15, -0.1) is 0 Å². The summed E-state index contributed by atoms with van der Waals surface area (Å²) in [6.07, 6.45) is 0.584. The molecule has 1 fully saturated rings. The Balaban J connectivity index is 2.20. The molecule has 16 heavy (non-hydrogen) atoms. The highest BCUT2D eigenvalue weighted by molar-refractivity contribution is 5.50. The van der Waals surface area contributed by atoms with Crippen molar-refractivity contribution in [3.05, 3.63) is 29.8 Å². The minimum atomic E-state index is 0.306. The minimum Gasteiger partial charge on any atom is -0.365 e. The Morgan fingerprint density at radius 1 is 1.56 bits per heavy atom. The van der Waals surface area contributed by atoms with Gasteiger partial charge in [0.15, 0.2) is 0 Å². The smallest absolute Gasteiger partial charge is 0.0643 e. The van der Waals surface area contributed by atoms with E-state index in [2.05, 4.69) is 47.5 Å². The highest BCUT2D eigenvalue weighted by Gasteiger charge is 2.21. The van der Waals surface area contributed by atoms with Gasteiger partial charge in [-0.1, -0.05) is 12.1 Å². The summed E-state index contributed by atoms with van der Waals surface area (Å²) in [7, 11) is 0. The number of hydrogen-bond acceptors (Lipinski definition) is 3. The summed E-state index contributed by atoms with van der Waals surface area (Å²) in [5, 5.41) is 12.2. The molecule has 1 atom stereocenters. The van der Waals surface area contributed by atoms with Crippen LogP contribution in [0.25, 0.3) is 0 Å². The molecule has 1 saturated heterocycles. The fraction of sp³-hybridized carbons (Fsp3) is 0.462. The number of aryl methyl sites for hydroxylation is 1. The van der Waals surface area contributed by atoms with E-state index in [9.17, 15) is 0 Å². The van der Waals surface area contributed by atoms with E-state index in [0.29, 0.717) is 12.5 Å². The third-order valence-electron chi connectivity index (χ3n) is 3.01. The molecule has 0 spiro atoms. The number of nitrogens with one attached hydrogen (secondary N) is 1. The number of hydrogen-bond donors (Lipinski definition) is 1.